The van der Waals surface area contributed by atoms with Crippen molar-refractivity contribution in [2.45, 2.75) is 25.1 Å². The third-order valence-corrected chi connectivity index (χ3v) is 6.90. The lowest BCUT2D eigenvalue weighted by atomic mass is 10.1. The lowest BCUT2D eigenvalue weighted by Gasteiger charge is -2.19. The summed E-state index contributed by atoms with van der Waals surface area (Å²) in [5, 5.41) is 23.4. The number of carbonyl (C=O) groups excluding carboxylic acids is 2. The number of non-ortho nitro benzene ring substituents is 1. The molecule has 0 saturated carbocycles. The fraction of sp³-hybridized carbons (Fsp3) is 0.148. The summed E-state index contributed by atoms with van der Waals surface area (Å²) in [6.07, 6.45) is 0.210. The van der Waals surface area contributed by atoms with Gasteiger partial charge in [0.05, 0.1) is 10.2 Å². The first-order valence-electron chi connectivity index (χ1n) is 11.1. The Morgan fingerprint density at radius 3 is 2.44 bits per heavy atom. The van der Waals surface area contributed by atoms with Crippen LogP contribution >= 0.6 is 11.8 Å². The van der Waals surface area contributed by atoms with Crippen LogP contribution in [0.5, 0.6) is 0 Å². The highest BCUT2D eigenvalue weighted by molar-refractivity contribution is 8.05. The second kappa shape index (κ2) is 10.9. The molecule has 2 amide bonds. The third kappa shape index (κ3) is 5.45. The molecule has 0 bridgehead atoms. The fourth-order valence-electron chi connectivity index (χ4n) is 3.79. The molecule has 1 fully saturated rings. The van der Waals surface area contributed by atoms with Crippen LogP contribution in [0.15, 0.2) is 89.5 Å². The standard InChI is InChI=1S/C27H22N4O4S/c1-18-10-12-21(13-11-18)30-26(33)24(15-20-8-5-9-22(14-20)31(34)35)36-27(30)23(16-28)25(32)29-17-19-6-3-2-4-7-19/h2-14,24H,15,17H2,1H3,(H,29,32)/b27-23+/t24-/m1/s1. The smallest absolute Gasteiger partial charge is 0.269 e. The minimum atomic E-state index is -0.659. The van der Waals surface area contributed by atoms with E-state index >= 15 is 0 Å². The minimum absolute atomic E-state index is 0.0629. The Balaban J connectivity index is 1.67. The van der Waals surface area contributed by atoms with E-state index in [2.05, 4.69) is 5.32 Å². The van der Waals surface area contributed by atoms with Gasteiger partial charge in [-0.1, -0.05) is 71.9 Å². The van der Waals surface area contributed by atoms with Crippen LogP contribution in [-0.4, -0.2) is 22.0 Å². The van der Waals surface area contributed by atoms with Crippen LogP contribution in [0.3, 0.4) is 0 Å². The SMILES string of the molecule is Cc1ccc(N2C(=O)[C@@H](Cc3cccc([N+](=O)[O-])c3)S/C2=C(\C#N)C(=O)NCc2ccccc2)cc1. The molecular weight excluding hydrogens is 476 g/mol. The summed E-state index contributed by atoms with van der Waals surface area (Å²) >= 11 is 1.12. The number of nitrogens with one attached hydrogen (secondary N) is 1. The number of nitro groups is 1. The number of nitrogens with zero attached hydrogens (tertiary/aromatic N) is 3. The van der Waals surface area contributed by atoms with E-state index in [0.29, 0.717) is 11.3 Å². The average molecular weight is 499 g/mol. The van der Waals surface area contributed by atoms with Crippen molar-refractivity contribution in [1.29, 1.82) is 5.26 Å². The van der Waals surface area contributed by atoms with Crippen molar-refractivity contribution >= 4 is 35.0 Å². The highest BCUT2D eigenvalue weighted by Crippen LogP contribution is 2.42. The molecule has 4 rings (SSSR count). The molecule has 3 aromatic rings. The van der Waals surface area contributed by atoms with E-state index in [0.717, 1.165) is 22.9 Å². The average Bonchev–Trinajstić information content (AvgIpc) is 3.19. The Morgan fingerprint density at radius 1 is 1.08 bits per heavy atom. The molecule has 180 valence electrons. The molecule has 9 heteroatoms. The van der Waals surface area contributed by atoms with Gasteiger partial charge >= 0.3 is 0 Å². The first-order chi connectivity index (χ1) is 17.4. The Hall–Kier alpha value is -4.42. The van der Waals surface area contributed by atoms with Gasteiger partial charge in [-0.05, 0) is 36.6 Å². The molecule has 0 spiro atoms. The molecule has 1 aliphatic heterocycles. The van der Waals surface area contributed by atoms with Gasteiger partial charge in [0.15, 0.2) is 0 Å². The van der Waals surface area contributed by atoms with E-state index in [4.69, 9.17) is 0 Å². The van der Waals surface area contributed by atoms with Crippen LogP contribution in [0.1, 0.15) is 16.7 Å². The Morgan fingerprint density at radius 2 is 1.78 bits per heavy atom. The Bertz CT molecular complexity index is 1380. The molecule has 3 aromatic carbocycles. The molecule has 8 nitrogen and oxygen atoms in total. The van der Waals surface area contributed by atoms with Gasteiger partial charge < -0.3 is 5.32 Å². The number of carbonyl (C=O) groups is 2. The zero-order chi connectivity index (χ0) is 25.7. The lowest BCUT2D eigenvalue weighted by molar-refractivity contribution is -0.384. The molecule has 0 unspecified atom stereocenters. The van der Waals surface area contributed by atoms with Crippen LogP contribution in [0.25, 0.3) is 0 Å². The van der Waals surface area contributed by atoms with Crippen LogP contribution in [0, 0.1) is 28.4 Å². The first-order valence-corrected chi connectivity index (χ1v) is 12.0. The summed E-state index contributed by atoms with van der Waals surface area (Å²) in [6, 6.07) is 24.6. The normalized spacial score (nSPS) is 16.4. The van der Waals surface area contributed by atoms with Crippen LogP contribution < -0.4 is 10.2 Å². The zero-order valence-corrected chi connectivity index (χ0v) is 20.2. The van der Waals surface area contributed by atoms with Crippen molar-refractivity contribution in [2.24, 2.45) is 0 Å². The Kier molecular flexibility index (Phi) is 7.47. The lowest BCUT2D eigenvalue weighted by Crippen LogP contribution is -2.32. The molecule has 36 heavy (non-hydrogen) atoms. The largest absolute Gasteiger partial charge is 0.347 e. The van der Waals surface area contributed by atoms with Crippen molar-refractivity contribution in [2.75, 3.05) is 4.90 Å². The number of rotatable bonds is 7. The summed E-state index contributed by atoms with van der Waals surface area (Å²) in [5.74, 6) is -0.876. The molecule has 1 saturated heterocycles. The quantitative estimate of drug-likeness (QED) is 0.219. The topological polar surface area (TPSA) is 116 Å². The van der Waals surface area contributed by atoms with Gasteiger partial charge in [0.1, 0.15) is 16.7 Å². The number of nitro benzene ring substituents is 1. The first kappa shape index (κ1) is 24.7. The second-order valence-corrected chi connectivity index (χ2v) is 9.40. The van der Waals surface area contributed by atoms with Crippen molar-refractivity contribution in [3.8, 4) is 6.07 Å². The van der Waals surface area contributed by atoms with Crippen molar-refractivity contribution in [3.63, 3.8) is 0 Å². The van der Waals surface area contributed by atoms with Gasteiger partial charge in [0.2, 0.25) is 5.91 Å². The van der Waals surface area contributed by atoms with E-state index in [1.807, 2.05) is 55.5 Å². The van der Waals surface area contributed by atoms with Crippen LogP contribution in [0.2, 0.25) is 0 Å². The van der Waals surface area contributed by atoms with E-state index in [-0.39, 0.29) is 35.2 Å². The number of hydrogen-bond donors (Lipinski definition) is 1. The van der Waals surface area contributed by atoms with E-state index in [9.17, 15) is 25.0 Å². The second-order valence-electron chi connectivity index (χ2n) is 8.21. The minimum Gasteiger partial charge on any atom is -0.347 e. The van der Waals surface area contributed by atoms with Crippen LogP contribution in [0.4, 0.5) is 11.4 Å². The number of nitriles is 1. The fourth-order valence-corrected chi connectivity index (χ4v) is 5.10. The molecule has 1 N–H and O–H groups in total. The maximum Gasteiger partial charge on any atom is 0.269 e. The number of thioether (sulfide) groups is 1. The summed E-state index contributed by atoms with van der Waals surface area (Å²) in [6.45, 7) is 2.16. The van der Waals surface area contributed by atoms with Crippen molar-refractivity contribution < 1.29 is 14.5 Å². The number of anilines is 1. The number of aryl methyl sites for hydroxylation is 1. The molecule has 0 aromatic heterocycles. The predicted molar refractivity (Wildman–Crippen MR) is 138 cm³/mol. The van der Waals surface area contributed by atoms with Crippen molar-refractivity contribution in [1.82, 2.24) is 5.32 Å². The summed E-state index contributed by atoms with van der Waals surface area (Å²) in [4.78, 5) is 38.7. The maximum absolute atomic E-state index is 13.5. The molecule has 0 radical (unpaired) electrons. The van der Waals surface area contributed by atoms with E-state index < -0.39 is 16.1 Å². The number of benzene rings is 3. The molecular formula is C27H22N4O4S. The molecule has 0 aliphatic carbocycles. The van der Waals surface area contributed by atoms with Gasteiger partial charge in [0, 0.05) is 24.4 Å². The summed E-state index contributed by atoms with van der Waals surface area (Å²) in [7, 11) is 0. The summed E-state index contributed by atoms with van der Waals surface area (Å²) in [5.41, 5.74) is 2.81. The highest BCUT2D eigenvalue weighted by atomic mass is 32.2. The maximum atomic E-state index is 13.5. The number of amides is 2. The zero-order valence-electron chi connectivity index (χ0n) is 19.4. The van der Waals surface area contributed by atoms with Gasteiger partial charge in [-0.25, -0.2) is 0 Å². The van der Waals surface area contributed by atoms with Crippen molar-refractivity contribution in [3.05, 3.63) is 116 Å². The Labute approximate surface area is 212 Å². The molecule has 1 heterocycles. The third-order valence-electron chi connectivity index (χ3n) is 5.64. The van der Waals surface area contributed by atoms with Gasteiger partial charge in [0.25, 0.3) is 11.6 Å². The summed E-state index contributed by atoms with van der Waals surface area (Å²) < 4.78 is 0. The van der Waals surface area contributed by atoms with E-state index in [1.165, 1.54) is 17.0 Å². The highest BCUT2D eigenvalue weighted by Gasteiger charge is 2.40. The van der Waals surface area contributed by atoms with E-state index in [1.54, 1.807) is 24.3 Å². The number of hydrogen-bond acceptors (Lipinski definition) is 6. The van der Waals surface area contributed by atoms with Crippen LogP contribution in [-0.2, 0) is 22.6 Å². The molecule has 1 atom stereocenters. The van der Waals surface area contributed by atoms with Gasteiger partial charge in [-0.15, -0.1) is 0 Å². The van der Waals surface area contributed by atoms with Gasteiger partial charge in [-0.2, -0.15) is 5.26 Å². The molecule has 1 aliphatic rings. The monoisotopic (exact) mass is 498 g/mol. The van der Waals surface area contributed by atoms with Gasteiger partial charge in [-0.3, -0.25) is 24.6 Å². The predicted octanol–water partition coefficient (Wildman–Crippen LogP) is 4.65.